The summed E-state index contributed by atoms with van der Waals surface area (Å²) in [7, 11) is 2.22. The molecule has 1 aliphatic carbocycles. The molecule has 0 radical (unpaired) electrons. The molecule has 3 aromatic carbocycles. The first-order valence-corrected chi connectivity index (χ1v) is 12.6. The number of hydrogen-bond donors (Lipinski definition) is 3. The van der Waals surface area contributed by atoms with E-state index < -0.39 is 0 Å². The minimum absolute atomic E-state index is 0.0466. The summed E-state index contributed by atoms with van der Waals surface area (Å²) in [5.41, 5.74) is 4.65. The Morgan fingerprint density at radius 2 is 1.71 bits per heavy atom. The molecule has 0 aromatic heterocycles. The van der Waals surface area contributed by atoms with E-state index in [1.54, 1.807) is 6.07 Å². The molecule has 3 aromatic rings. The molecule has 5 nitrogen and oxygen atoms in total. The average molecular weight is 470 g/mol. The van der Waals surface area contributed by atoms with E-state index in [4.69, 9.17) is 0 Å². The predicted octanol–water partition coefficient (Wildman–Crippen LogP) is 5.01. The van der Waals surface area contributed by atoms with Crippen LogP contribution in [0.15, 0.2) is 78.9 Å². The summed E-state index contributed by atoms with van der Waals surface area (Å²) in [4.78, 5) is 15.6. The van der Waals surface area contributed by atoms with Crippen molar-refractivity contribution < 1.29 is 9.90 Å². The number of phenols is 1. The molecule has 0 saturated carbocycles. The van der Waals surface area contributed by atoms with Gasteiger partial charge in [-0.1, -0.05) is 73.7 Å². The van der Waals surface area contributed by atoms with Crippen LogP contribution >= 0.6 is 0 Å². The van der Waals surface area contributed by atoms with E-state index in [-0.39, 0.29) is 17.5 Å². The van der Waals surface area contributed by atoms with E-state index in [9.17, 15) is 9.90 Å². The monoisotopic (exact) mass is 469 g/mol. The number of rotatable bonds is 6. The zero-order chi connectivity index (χ0) is 24.4. The number of amides is 2. The quantitative estimate of drug-likeness (QED) is 0.476. The van der Waals surface area contributed by atoms with Crippen molar-refractivity contribution in [1.29, 1.82) is 0 Å². The molecule has 2 amide bonds. The van der Waals surface area contributed by atoms with Gasteiger partial charge in [-0.15, -0.1) is 0 Å². The van der Waals surface area contributed by atoms with E-state index in [2.05, 4.69) is 35.6 Å². The molecule has 5 rings (SSSR count). The summed E-state index contributed by atoms with van der Waals surface area (Å²) in [6, 6.07) is 26.1. The highest BCUT2D eigenvalue weighted by Crippen LogP contribution is 2.51. The van der Waals surface area contributed by atoms with Gasteiger partial charge in [0.1, 0.15) is 5.75 Å². The van der Waals surface area contributed by atoms with Gasteiger partial charge in [0.2, 0.25) is 0 Å². The van der Waals surface area contributed by atoms with Crippen molar-refractivity contribution in [2.24, 2.45) is 5.92 Å². The van der Waals surface area contributed by atoms with Crippen LogP contribution in [-0.2, 0) is 11.8 Å². The van der Waals surface area contributed by atoms with Crippen LogP contribution in [0.5, 0.6) is 5.75 Å². The van der Waals surface area contributed by atoms with Crippen LogP contribution in [0.2, 0.25) is 0 Å². The first-order chi connectivity index (χ1) is 17.0. The number of urea groups is 1. The minimum Gasteiger partial charge on any atom is -0.508 e. The number of nitrogens with one attached hydrogen (secondary N) is 2. The number of carbonyl (C=O) groups is 1. The minimum atomic E-state index is -0.213. The maximum Gasteiger partial charge on any atom is 0.315 e. The Morgan fingerprint density at radius 1 is 1.06 bits per heavy atom. The van der Waals surface area contributed by atoms with Gasteiger partial charge in [0.15, 0.2) is 0 Å². The molecule has 2 aliphatic rings. The van der Waals surface area contributed by atoms with Crippen LogP contribution in [0.25, 0.3) is 0 Å². The van der Waals surface area contributed by atoms with Crippen LogP contribution < -0.4 is 10.6 Å². The Kier molecular flexibility index (Phi) is 6.52. The Morgan fingerprint density at radius 3 is 2.37 bits per heavy atom. The predicted molar refractivity (Wildman–Crippen MR) is 140 cm³/mol. The molecule has 182 valence electrons. The van der Waals surface area contributed by atoms with Gasteiger partial charge in [-0.2, -0.15) is 0 Å². The molecular weight excluding hydrogens is 434 g/mol. The second-order valence-corrected chi connectivity index (χ2v) is 10.2. The topological polar surface area (TPSA) is 64.6 Å². The van der Waals surface area contributed by atoms with Crippen molar-refractivity contribution in [3.63, 3.8) is 0 Å². The number of likely N-dealkylation sites (N-methyl/N-ethyl adjacent to an activating group) is 1. The van der Waals surface area contributed by atoms with Gasteiger partial charge in [0.05, 0.1) is 6.04 Å². The zero-order valence-electron chi connectivity index (χ0n) is 20.6. The number of carbonyl (C=O) groups excluding carboxylic acids is 1. The summed E-state index contributed by atoms with van der Waals surface area (Å²) in [5.74, 6) is 0.772. The molecule has 1 saturated heterocycles. The summed E-state index contributed by atoms with van der Waals surface area (Å²) in [6.07, 6.45) is 2.89. The number of piperidine rings is 1. The van der Waals surface area contributed by atoms with Gasteiger partial charge in [-0.3, -0.25) is 0 Å². The van der Waals surface area contributed by atoms with Gasteiger partial charge in [0, 0.05) is 18.0 Å². The lowest BCUT2D eigenvalue weighted by Gasteiger charge is -2.55. The normalized spacial score (nSPS) is 23.5. The van der Waals surface area contributed by atoms with Crippen molar-refractivity contribution >= 4 is 6.03 Å². The number of phenolic OH excluding ortho intramolecular Hbond substituents is 1. The lowest BCUT2D eigenvalue weighted by molar-refractivity contribution is 0.0363. The third-order valence-corrected chi connectivity index (χ3v) is 8.38. The van der Waals surface area contributed by atoms with Gasteiger partial charge in [-0.05, 0) is 73.2 Å². The van der Waals surface area contributed by atoms with E-state index in [0.29, 0.717) is 24.3 Å². The number of hydrogen-bond acceptors (Lipinski definition) is 3. The standard InChI is InChI=1S/C30H35N3O2/c1-21-27-19-24-13-14-25(34)20-26(24)30(21,16-18-33(27)2)15-17-31-29(35)32-28(22-9-5-3-6-10-22)23-11-7-4-8-12-23/h3-14,20-21,27-28,34H,15-19H2,1-2H3,(H2,31,32,35)/t21-,27+,30+/m0/s1. The smallest absolute Gasteiger partial charge is 0.315 e. The molecule has 1 fully saturated rings. The summed E-state index contributed by atoms with van der Waals surface area (Å²) >= 11 is 0. The molecule has 3 atom stereocenters. The van der Waals surface area contributed by atoms with Crippen LogP contribution in [0.3, 0.4) is 0 Å². The van der Waals surface area contributed by atoms with E-state index in [1.165, 1.54) is 11.1 Å². The highest BCUT2D eigenvalue weighted by molar-refractivity contribution is 5.75. The first-order valence-electron chi connectivity index (χ1n) is 12.6. The molecule has 0 unspecified atom stereocenters. The summed E-state index contributed by atoms with van der Waals surface area (Å²) in [6.45, 7) is 3.95. The molecule has 0 spiro atoms. The van der Waals surface area contributed by atoms with Crippen LogP contribution in [0, 0.1) is 5.92 Å². The van der Waals surface area contributed by atoms with Crippen molar-refractivity contribution in [3.8, 4) is 5.75 Å². The first kappa shape index (κ1) is 23.4. The zero-order valence-corrected chi connectivity index (χ0v) is 20.6. The van der Waals surface area contributed by atoms with Gasteiger partial charge >= 0.3 is 6.03 Å². The Bertz CT molecular complexity index is 1130. The second kappa shape index (κ2) is 9.74. The third-order valence-electron chi connectivity index (χ3n) is 8.38. The fraction of sp³-hybridized carbons (Fsp3) is 0.367. The van der Waals surface area contributed by atoms with Crippen LogP contribution in [0.4, 0.5) is 4.79 Å². The van der Waals surface area contributed by atoms with Gasteiger partial charge < -0.3 is 20.6 Å². The number of nitrogens with zero attached hydrogens (tertiary/aromatic N) is 1. The summed E-state index contributed by atoms with van der Waals surface area (Å²) in [5, 5.41) is 16.6. The molecule has 35 heavy (non-hydrogen) atoms. The Labute approximate surface area is 208 Å². The lowest BCUT2D eigenvalue weighted by atomic mass is 9.56. The maximum absolute atomic E-state index is 13.1. The van der Waals surface area contributed by atoms with Gasteiger partial charge in [-0.25, -0.2) is 4.79 Å². The number of fused-ring (bicyclic) bond motifs is 4. The highest BCUT2D eigenvalue weighted by atomic mass is 16.3. The SMILES string of the molecule is C[C@H]1[C@H]2Cc3ccc(O)cc3[C@]1(CCNC(=O)NC(c1ccccc1)c1ccccc1)CCN2C. The van der Waals surface area contributed by atoms with Crippen molar-refractivity contribution in [2.45, 2.75) is 43.7 Å². The van der Waals surface area contributed by atoms with Gasteiger partial charge in [0.25, 0.3) is 0 Å². The van der Waals surface area contributed by atoms with E-state index in [1.807, 2.05) is 66.7 Å². The maximum atomic E-state index is 13.1. The van der Waals surface area contributed by atoms with Crippen LogP contribution in [-0.4, -0.2) is 42.2 Å². The molecule has 3 N–H and O–H groups in total. The lowest BCUT2D eigenvalue weighted by Crippen LogP contribution is -2.58. The Balaban J connectivity index is 1.32. The van der Waals surface area contributed by atoms with Crippen molar-refractivity contribution in [1.82, 2.24) is 15.5 Å². The fourth-order valence-electron chi connectivity index (χ4n) is 6.38. The van der Waals surface area contributed by atoms with Crippen molar-refractivity contribution in [3.05, 3.63) is 101 Å². The van der Waals surface area contributed by atoms with Crippen LogP contribution in [0.1, 0.15) is 48.1 Å². The number of benzene rings is 3. The molecule has 1 heterocycles. The number of aromatic hydroxyl groups is 1. The van der Waals surface area contributed by atoms with E-state index in [0.717, 1.165) is 36.9 Å². The third kappa shape index (κ3) is 4.53. The molecular formula is C30H35N3O2. The largest absolute Gasteiger partial charge is 0.508 e. The highest BCUT2D eigenvalue weighted by Gasteiger charge is 2.50. The Hall–Kier alpha value is -3.31. The average Bonchev–Trinajstić information content (AvgIpc) is 2.88. The summed E-state index contributed by atoms with van der Waals surface area (Å²) < 4.78 is 0. The number of likely N-dealkylation sites (tertiary alicyclic amines) is 1. The molecule has 1 aliphatic heterocycles. The van der Waals surface area contributed by atoms with Crippen molar-refractivity contribution in [2.75, 3.05) is 20.1 Å². The fourth-order valence-corrected chi connectivity index (χ4v) is 6.38. The molecule has 5 heteroatoms. The second-order valence-electron chi connectivity index (χ2n) is 10.2. The van der Waals surface area contributed by atoms with E-state index >= 15 is 0 Å². The molecule has 2 bridgehead atoms.